The van der Waals surface area contributed by atoms with Crippen molar-refractivity contribution in [2.24, 2.45) is 11.8 Å². The average Bonchev–Trinajstić information content (AvgIpc) is 2.59. The van der Waals surface area contributed by atoms with Gasteiger partial charge in [0, 0.05) is 19.6 Å². The van der Waals surface area contributed by atoms with E-state index in [-0.39, 0.29) is 28.3 Å². The van der Waals surface area contributed by atoms with Gasteiger partial charge in [-0.2, -0.15) is 4.31 Å². The second-order valence-electron chi connectivity index (χ2n) is 6.64. The van der Waals surface area contributed by atoms with E-state index in [0.717, 1.165) is 0 Å². The molecular formula is C17H25ClN2O4S. The molecule has 1 N–H and O–H groups in total. The molecule has 0 unspecified atom stereocenters. The van der Waals surface area contributed by atoms with Crippen molar-refractivity contribution in [1.82, 2.24) is 9.62 Å². The van der Waals surface area contributed by atoms with Gasteiger partial charge in [-0.25, -0.2) is 8.42 Å². The van der Waals surface area contributed by atoms with Crippen molar-refractivity contribution in [2.45, 2.75) is 31.6 Å². The lowest BCUT2D eigenvalue weighted by Crippen LogP contribution is -2.45. The molecule has 0 radical (unpaired) electrons. The number of ether oxygens (including phenoxy) is 1. The summed E-state index contributed by atoms with van der Waals surface area (Å²) in [5, 5.41) is 3.13. The first-order valence-corrected chi connectivity index (χ1v) is 10.2. The van der Waals surface area contributed by atoms with Crippen LogP contribution in [0.1, 0.15) is 26.7 Å². The first-order chi connectivity index (χ1) is 11.8. The molecule has 1 aromatic rings. The Balaban J connectivity index is 2.13. The van der Waals surface area contributed by atoms with Crippen LogP contribution in [-0.2, 0) is 14.8 Å². The van der Waals surface area contributed by atoms with Crippen molar-refractivity contribution in [3.8, 4) is 5.75 Å². The Hall–Kier alpha value is -1.31. The Morgan fingerprint density at radius 3 is 2.76 bits per heavy atom. The largest absolute Gasteiger partial charge is 0.495 e. The standard InChI is InChI=1S/C17H25ClN2O4S/c1-12(2)10-19-17(21)13-5-4-8-20(11-13)25(22,23)14-6-7-16(24-3)15(18)9-14/h6-7,9,12-13H,4-5,8,10-11H2,1-3H3,(H,19,21)/t13-/m1/s1. The lowest BCUT2D eigenvalue weighted by molar-refractivity contribution is -0.126. The van der Waals surface area contributed by atoms with Crippen molar-refractivity contribution in [3.05, 3.63) is 23.2 Å². The van der Waals surface area contributed by atoms with Crippen LogP contribution in [0.2, 0.25) is 5.02 Å². The van der Waals surface area contributed by atoms with Gasteiger partial charge in [-0.15, -0.1) is 0 Å². The molecule has 1 aliphatic heterocycles. The molecule has 1 atom stereocenters. The van der Waals surface area contributed by atoms with Gasteiger partial charge in [-0.05, 0) is 37.0 Å². The number of nitrogens with one attached hydrogen (secondary N) is 1. The number of nitrogens with zero attached hydrogens (tertiary/aromatic N) is 1. The van der Waals surface area contributed by atoms with Crippen molar-refractivity contribution < 1.29 is 17.9 Å². The minimum absolute atomic E-state index is 0.0821. The number of rotatable bonds is 6. The van der Waals surface area contributed by atoms with Crippen molar-refractivity contribution >= 4 is 27.5 Å². The third-order valence-electron chi connectivity index (χ3n) is 4.20. The van der Waals surface area contributed by atoms with E-state index in [0.29, 0.717) is 37.6 Å². The van der Waals surface area contributed by atoms with Gasteiger partial charge < -0.3 is 10.1 Å². The maximum Gasteiger partial charge on any atom is 0.243 e. The highest BCUT2D eigenvalue weighted by Gasteiger charge is 2.33. The van der Waals surface area contributed by atoms with Gasteiger partial charge in [0.25, 0.3) is 0 Å². The van der Waals surface area contributed by atoms with Crippen LogP contribution >= 0.6 is 11.6 Å². The zero-order chi connectivity index (χ0) is 18.6. The molecule has 1 amide bonds. The average molecular weight is 389 g/mol. The van der Waals surface area contributed by atoms with E-state index in [4.69, 9.17) is 16.3 Å². The molecule has 1 fully saturated rings. The molecule has 25 heavy (non-hydrogen) atoms. The minimum atomic E-state index is -3.69. The van der Waals surface area contributed by atoms with Gasteiger partial charge in [0.1, 0.15) is 5.75 Å². The van der Waals surface area contributed by atoms with E-state index < -0.39 is 10.0 Å². The van der Waals surface area contributed by atoms with Crippen LogP contribution in [0.25, 0.3) is 0 Å². The molecule has 6 nitrogen and oxygen atoms in total. The third kappa shape index (κ3) is 4.86. The molecular weight excluding hydrogens is 364 g/mol. The van der Waals surface area contributed by atoms with E-state index in [1.807, 2.05) is 13.8 Å². The monoisotopic (exact) mass is 388 g/mol. The number of methoxy groups -OCH3 is 1. The number of sulfonamides is 1. The summed E-state index contributed by atoms with van der Waals surface area (Å²) in [6.07, 6.45) is 1.35. The summed E-state index contributed by atoms with van der Waals surface area (Å²) in [5.74, 6) is 0.372. The SMILES string of the molecule is COc1ccc(S(=O)(=O)N2CCC[C@@H](C(=O)NCC(C)C)C2)cc1Cl. The number of halogens is 1. The van der Waals surface area contributed by atoms with Gasteiger partial charge in [-0.1, -0.05) is 25.4 Å². The number of carbonyl (C=O) groups is 1. The summed E-state index contributed by atoms with van der Waals surface area (Å²) in [6.45, 7) is 5.22. The topological polar surface area (TPSA) is 75.7 Å². The number of hydrogen-bond acceptors (Lipinski definition) is 4. The van der Waals surface area contributed by atoms with Crippen LogP contribution < -0.4 is 10.1 Å². The second-order valence-corrected chi connectivity index (χ2v) is 8.98. The van der Waals surface area contributed by atoms with E-state index in [1.165, 1.54) is 29.6 Å². The number of carbonyl (C=O) groups excluding carboxylic acids is 1. The Bertz CT molecular complexity index is 721. The number of hydrogen-bond donors (Lipinski definition) is 1. The summed E-state index contributed by atoms with van der Waals surface area (Å²) in [7, 11) is -2.22. The summed E-state index contributed by atoms with van der Waals surface area (Å²) < 4.78 is 32.2. The summed E-state index contributed by atoms with van der Waals surface area (Å²) in [6, 6.07) is 4.40. The number of amides is 1. The van der Waals surface area contributed by atoms with Gasteiger partial charge in [-0.3, -0.25) is 4.79 Å². The van der Waals surface area contributed by atoms with Crippen LogP contribution in [0.4, 0.5) is 0 Å². The fourth-order valence-corrected chi connectivity index (χ4v) is 4.65. The molecule has 0 aliphatic carbocycles. The van der Waals surface area contributed by atoms with Crippen molar-refractivity contribution in [2.75, 3.05) is 26.7 Å². The van der Waals surface area contributed by atoms with Gasteiger partial charge in [0.05, 0.1) is 22.9 Å². The molecule has 1 saturated heterocycles. The lowest BCUT2D eigenvalue weighted by Gasteiger charge is -2.31. The van der Waals surface area contributed by atoms with Gasteiger partial charge >= 0.3 is 0 Å². The molecule has 0 saturated carbocycles. The molecule has 2 rings (SSSR count). The second kappa shape index (κ2) is 8.38. The maximum atomic E-state index is 12.9. The summed E-state index contributed by atoms with van der Waals surface area (Å²) in [5.41, 5.74) is 0. The highest BCUT2D eigenvalue weighted by molar-refractivity contribution is 7.89. The first-order valence-electron chi connectivity index (χ1n) is 8.37. The smallest absolute Gasteiger partial charge is 0.243 e. The quantitative estimate of drug-likeness (QED) is 0.812. The molecule has 0 bridgehead atoms. The molecule has 1 heterocycles. The Labute approximate surface area is 154 Å². The summed E-state index contributed by atoms with van der Waals surface area (Å²) in [4.78, 5) is 12.4. The molecule has 1 aromatic carbocycles. The maximum absolute atomic E-state index is 12.9. The van der Waals surface area contributed by atoms with E-state index >= 15 is 0 Å². The number of piperidine rings is 1. The van der Waals surface area contributed by atoms with Crippen molar-refractivity contribution in [1.29, 1.82) is 0 Å². The van der Waals surface area contributed by atoms with Gasteiger partial charge in [0.2, 0.25) is 15.9 Å². The Morgan fingerprint density at radius 1 is 1.44 bits per heavy atom. The fraction of sp³-hybridized carbons (Fsp3) is 0.588. The van der Waals surface area contributed by atoms with E-state index in [9.17, 15) is 13.2 Å². The van der Waals surface area contributed by atoms with E-state index in [1.54, 1.807) is 0 Å². The Morgan fingerprint density at radius 2 is 2.16 bits per heavy atom. The molecule has 0 spiro atoms. The zero-order valence-electron chi connectivity index (χ0n) is 14.8. The highest BCUT2D eigenvalue weighted by Crippen LogP contribution is 2.30. The molecule has 1 aliphatic rings. The van der Waals surface area contributed by atoms with Crippen LogP contribution in [0.3, 0.4) is 0 Å². The third-order valence-corrected chi connectivity index (χ3v) is 6.36. The van der Waals surface area contributed by atoms with Crippen LogP contribution in [-0.4, -0.2) is 45.4 Å². The molecule has 140 valence electrons. The van der Waals surface area contributed by atoms with Gasteiger partial charge in [0.15, 0.2) is 0 Å². The highest BCUT2D eigenvalue weighted by atomic mass is 35.5. The van der Waals surface area contributed by atoms with E-state index in [2.05, 4.69) is 5.32 Å². The number of benzene rings is 1. The zero-order valence-corrected chi connectivity index (χ0v) is 16.4. The normalized spacial score (nSPS) is 19.0. The van der Waals surface area contributed by atoms with Crippen molar-refractivity contribution in [3.63, 3.8) is 0 Å². The minimum Gasteiger partial charge on any atom is -0.495 e. The first kappa shape index (κ1) is 20.0. The molecule has 8 heteroatoms. The Kier molecular flexibility index (Phi) is 6.71. The fourth-order valence-electron chi connectivity index (χ4n) is 2.78. The molecule has 0 aromatic heterocycles. The van der Waals surface area contributed by atoms with Crippen LogP contribution in [0.15, 0.2) is 23.1 Å². The predicted molar refractivity (Wildman–Crippen MR) is 97.3 cm³/mol. The van der Waals surface area contributed by atoms with Crippen LogP contribution in [0.5, 0.6) is 5.75 Å². The summed E-state index contributed by atoms with van der Waals surface area (Å²) >= 11 is 6.05. The predicted octanol–water partition coefficient (Wildman–Crippen LogP) is 2.52. The lowest BCUT2D eigenvalue weighted by atomic mass is 9.98. The van der Waals surface area contributed by atoms with Crippen LogP contribution in [0, 0.1) is 11.8 Å².